The van der Waals surface area contributed by atoms with Crippen molar-refractivity contribution in [3.8, 4) is 0 Å². The summed E-state index contributed by atoms with van der Waals surface area (Å²) in [6, 6.07) is 9.19. The molecule has 3 nitrogen and oxygen atoms in total. The second kappa shape index (κ2) is 4.93. The van der Waals surface area contributed by atoms with Crippen LogP contribution < -0.4 is 5.32 Å². The molecule has 0 spiro atoms. The number of nitrogens with one attached hydrogen (secondary N) is 1. The van der Waals surface area contributed by atoms with Crippen molar-refractivity contribution in [1.29, 1.82) is 0 Å². The maximum absolute atomic E-state index is 12.6. The average Bonchev–Trinajstić information content (AvgIpc) is 2.33. The zero-order chi connectivity index (χ0) is 12.3. The number of aromatic nitrogens is 1. The number of rotatable bonds is 2. The van der Waals surface area contributed by atoms with Crippen LogP contribution >= 0.6 is 11.6 Å². The van der Waals surface area contributed by atoms with E-state index in [0.29, 0.717) is 16.3 Å². The van der Waals surface area contributed by atoms with Gasteiger partial charge in [0.05, 0.1) is 5.56 Å². The molecular formula is C12H8ClFN2O. The van der Waals surface area contributed by atoms with Crippen LogP contribution in [0.3, 0.4) is 0 Å². The van der Waals surface area contributed by atoms with Crippen LogP contribution in [0.1, 0.15) is 10.4 Å². The van der Waals surface area contributed by atoms with Gasteiger partial charge in [-0.1, -0.05) is 11.6 Å². The Labute approximate surface area is 102 Å². The Hall–Kier alpha value is -1.94. The van der Waals surface area contributed by atoms with Crippen molar-refractivity contribution in [2.75, 3.05) is 5.32 Å². The Balaban J connectivity index is 2.11. The van der Waals surface area contributed by atoms with Crippen molar-refractivity contribution in [1.82, 2.24) is 4.98 Å². The van der Waals surface area contributed by atoms with Crippen molar-refractivity contribution in [3.05, 3.63) is 59.1 Å². The molecule has 1 aromatic heterocycles. The number of nitrogens with zero attached hydrogens (tertiary/aromatic N) is 1. The van der Waals surface area contributed by atoms with E-state index in [1.807, 2.05) is 0 Å². The fraction of sp³-hybridized carbons (Fsp3) is 0. The summed E-state index contributed by atoms with van der Waals surface area (Å²) in [5, 5.41) is 3.23. The molecule has 17 heavy (non-hydrogen) atoms. The van der Waals surface area contributed by atoms with Gasteiger partial charge in [0.25, 0.3) is 5.91 Å². The minimum Gasteiger partial charge on any atom is -0.322 e. The van der Waals surface area contributed by atoms with Gasteiger partial charge in [0.1, 0.15) is 0 Å². The van der Waals surface area contributed by atoms with Gasteiger partial charge in [-0.25, -0.2) is 4.98 Å². The highest BCUT2D eigenvalue weighted by Crippen LogP contribution is 2.14. The first-order chi connectivity index (χ1) is 8.15. The number of benzene rings is 1. The Morgan fingerprint density at radius 2 is 1.88 bits per heavy atom. The van der Waals surface area contributed by atoms with E-state index in [2.05, 4.69) is 10.3 Å². The minimum absolute atomic E-state index is 0.293. The normalized spacial score (nSPS) is 10.0. The predicted octanol–water partition coefficient (Wildman–Crippen LogP) is 3.13. The maximum Gasteiger partial charge on any atom is 0.257 e. The molecule has 1 amide bonds. The Morgan fingerprint density at radius 3 is 2.47 bits per heavy atom. The Morgan fingerprint density at radius 1 is 1.18 bits per heavy atom. The van der Waals surface area contributed by atoms with Gasteiger partial charge in [0.2, 0.25) is 5.95 Å². The first-order valence-corrected chi connectivity index (χ1v) is 5.21. The van der Waals surface area contributed by atoms with Gasteiger partial charge in [0.15, 0.2) is 0 Å². The highest BCUT2D eigenvalue weighted by Gasteiger charge is 2.06. The number of anilines is 1. The van der Waals surface area contributed by atoms with Crippen LogP contribution in [0, 0.1) is 5.95 Å². The van der Waals surface area contributed by atoms with Crippen molar-refractivity contribution in [2.24, 2.45) is 0 Å². The molecule has 0 bridgehead atoms. The lowest BCUT2D eigenvalue weighted by Crippen LogP contribution is -2.12. The third-order valence-corrected chi connectivity index (χ3v) is 2.34. The highest BCUT2D eigenvalue weighted by atomic mass is 35.5. The second-order valence-electron chi connectivity index (χ2n) is 3.33. The summed E-state index contributed by atoms with van der Waals surface area (Å²) >= 11 is 5.72. The van der Waals surface area contributed by atoms with Crippen LogP contribution in [0.25, 0.3) is 0 Å². The van der Waals surface area contributed by atoms with E-state index in [-0.39, 0.29) is 5.91 Å². The molecule has 0 saturated carbocycles. The van der Waals surface area contributed by atoms with Gasteiger partial charge < -0.3 is 5.32 Å². The van der Waals surface area contributed by atoms with E-state index in [1.165, 1.54) is 12.3 Å². The number of amides is 1. The third-order valence-electron chi connectivity index (χ3n) is 2.09. The number of halogens is 2. The second-order valence-corrected chi connectivity index (χ2v) is 3.77. The summed E-state index contributed by atoms with van der Waals surface area (Å²) in [7, 11) is 0. The van der Waals surface area contributed by atoms with Crippen molar-refractivity contribution >= 4 is 23.2 Å². The smallest absolute Gasteiger partial charge is 0.257 e. The lowest BCUT2D eigenvalue weighted by Gasteiger charge is -2.04. The average molecular weight is 251 g/mol. The predicted molar refractivity (Wildman–Crippen MR) is 63.6 cm³/mol. The number of hydrogen-bond acceptors (Lipinski definition) is 2. The fourth-order valence-electron chi connectivity index (χ4n) is 1.25. The molecule has 0 aliphatic rings. The number of carbonyl (C=O) groups is 1. The minimum atomic E-state index is -0.618. The van der Waals surface area contributed by atoms with E-state index in [1.54, 1.807) is 24.3 Å². The highest BCUT2D eigenvalue weighted by molar-refractivity contribution is 6.30. The van der Waals surface area contributed by atoms with Crippen LogP contribution in [-0.2, 0) is 0 Å². The summed E-state index contributed by atoms with van der Waals surface area (Å²) in [6.45, 7) is 0. The molecule has 2 rings (SSSR count). The van der Waals surface area contributed by atoms with Crippen LogP contribution in [0.4, 0.5) is 10.1 Å². The van der Waals surface area contributed by atoms with Crippen molar-refractivity contribution in [3.63, 3.8) is 0 Å². The third kappa shape index (κ3) is 3.01. The van der Waals surface area contributed by atoms with E-state index in [9.17, 15) is 9.18 Å². The first kappa shape index (κ1) is 11.5. The van der Waals surface area contributed by atoms with Gasteiger partial charge in [0, 0.05) is 16.9 Å². The van der Waals surface area contributed by atoms with Crippen LogP contribution in [0.5, 0.6) is 0 Å². The summed E-state index contributed by atoms with van der Waals surface area (Å²) in [6.07, 6.45) is 1.18. The van der Waals surface area contributed by atoms with Gasteiger partial charge >= 0.3 is 0 Å². The summed E-state index contributed by atoms with van der Waals surface area (Å²) in [4.78, 5) is 15.1. The monoisotopic (exact) mass is 250 g/mol. The van der Waals surface area contributed by atoms with Gasteiger partial charge in [-0.2, -0.15) is 4.39 Å². The van der Waals surface area contributed by atoms with E-state index in [4.69, 9.17) is 11.6 Å². The van der Waals surface area contributed by atoms with Crippen molar-refractivity contribution in [2.45, 2.75) is 0 Å². The lowest BCUT2D eigenvalue weighted by molar-refractivity contribution is 0.102. The first-order valence-electron chi connectivity index (χ1n) is 4.83. The molecule has 0 atom stereocenters. The van der Waals surface area contributed by atoms with E-state index < -0.39 is 5.95 Å². The zero-order valence-corrected chi connectivity index (χ0v) is 9.41. The molecule has 5 heteroatoms. The standard InChI is InChI=1S/C12H8ClFN2O/c13-9-2-4-10(5-3-9)16-12(17)8-1-6-11(14)15-7-8/h1-7H,(H,16,17). The molecule has 1 heterocycles. The van der Waals surface area contributed by atoms with E-state index in [0.717, 1.165) is 6.07 Å². The van der Waals surface area contributed by atoms with Gasteiger partial charge in [-0.15, -0.1) is 0 Å². The summed E-state index contributed by atoms with van der Waals surface area (Å²) in [5.41, 5.74) is 0.907. The molecule has 0 unspecified atom stereocenters. The molecule has 0 radical (unpaired) electrons. The Bertz CT molecular complexity index is 525. The Kier molecular flexibility index (Phi) is 3.35. The molecule has 2 aromatic rings. The molecule has 0 aliphatic carbocycles. The van der Waals surface area contributed by atoms with Crippen LogP contribution in [0.2, 0.25) is 5.02 Å². The maximum atomic E-state index is 12.6. The van der Waals surface area contributed by atoms with Crippen LogP contribution in [0.15, 0.2) is 42.6 Å². The molecule has 1 aromatic carbocycles. The summed E-state index contributed by atoms with van der Waals surface area (Å²) < 4.78 is 12.6. The molecule has 86 valence electrons. The SMILES string of the molecule is O=C(Nc1ccc(Cl)cc1)c1ccc(F)nc1. The van der Waals surface area contributed by atoms with Crippen molar-refractivity contribution < 1.29 is 9.18 Å². The largest absolute Gasteiger partial charge is 0.322 e. The summed E-state index contributed by atoms with van der Waals surface area (Å²) in [5.74, 6) is -0.965. The number of pyridine rings is 1. The molecular weight excluding hydrogens is 243 g/mol. The fourth-order valence-corrected chi connectivity index (χ4v) is 1.37. The molecule has 1 N–H and O–H groups in total. The van der Waals surface area contributed by atoms with Gasteiger partial charge in [-0.05, 0) is 36.4 Å². The molecule has 0 saturated heterocycles. The lowest BCUT2D eigenvalue weighted by atomic mass is 10.2. The van der Waals surface area contributed by atoms with Crippen LogP contribution in [-0.4, -0.2) is 10.9 Å². The van der Waals surface area contributed by atoms with Gasteiger partial charge in [-0.3, -0.25) is 4.79 Å². The zero-order valence-electron chi connectivity index (χ0n) is 8.65. The quantitative estimate of drug-likeness (QED) is 0.832. The molecule has 0 aliphatic heterocycles. The number of carbonyl (C=O) groups excluding carboxylic acids is 1. The van der Waals surface area contributed by atoms with E-state index >= 15 is 0 Å². The molecule has 0 fully saturated rings. The topological polar surface area (TPSA) is 42.0 Å². The number of hydrogen-bond donors (Lipinski definition) is 1.